The topological polar surface area (TPSA) is 54.9 Å². The lowest BCUT2D eigenvalue weighted by molar-refractivity contribution is 0.652. The van der Waals surface area contributed by atoms with E-state index in [9.17, 15) is 9.59 Å². The highest BCUT2D eigenvalue weighted by Gasteiger charge is 2.25. The van der Waals surface area contributed by atoms with Gasteiger partial charge in [0.1, 0.15) is 0 Å². The molecule has 4 nitrogen and oxygen atoms in total. The summed E-state index contributed by atoms with van der Waals surface area (Å²) in [6, 6.07) is 1.79. The molecule has 0 unspecified atom stereocenters. The number of nitrogens with zero attached hydrogens (tertiary/aromatic N) is 1. The van der Waals surface area contributed by atoms with Crippen LogP contribution in [-0.2, 0) is 0 Å². The maximum absolute atomic E-state index is 11.2. The van der Waals surface area contributed by atoms with E-state index in [1.54, 1.807) is 11.5 Å². The van der Waals surface area contributed by atoms with Crippen molar-refractivity contribution in [2.24, 2.45) is 0 Å². The van der Waals surface area contributed by atoms with Gasteiger partial charge in [0.15, 0.2) is 0 Å². The van der Waals surface area contributed by atoms with Gasteiger partial charge in [0.2, 0.25) is 0 Å². The highest BCUT2D eigenvalue weighted by molar-refractivity contribution is 5.02. The average Bonchev–Trinajstić information content (AvgIpc) is 2.68. The van der Waals surface area contributed by atoms with E-state index in [1.807, 2.05) is 0 Å². The van der Waals surface area contributed by atoms with Crippen LogP contribution in [0.5, 0.6) is 0 Å². The second-order valence-electron chi connectivity index (χ2n) is 3.18. The maximum Gasteiger partial charge on any atom is 0.328 e. The molecule has 1 saturated carbocycles. The zero-order valence-electron chi connectivity index (χ0n) is 6.83. The van der Waals surface area contributed by atoms with Crippen molar-refractivity contribution in [3.8, 4) is 0 Å². The van der Waals surface area contributed by atoms with Crippen LogP contribution in [0, 0.1) is 6.92 Å². The molecule has 1 aliphatic rings. The molecule has 0 amide bonds. The van der Waals surface area contributed by atoms with Crippen molar-refractivity contribution in [1.82, 2.24) is 9.55 Å². The van der Waals surface area contributed by atoms with E-state index in [0.717, 1.165) is 18.5 Å². The zero-order chi connectivity index (χ0) is 8.72. The molecule has 0 aliphatic heterocycles. The molecule has 0 atom stereocenters. The second-order valence-corrected chi connectivity index (χ2v) is 3.18. The van der Waals surface area contributed by atoms with Gasteiger partial charge in [-0.3, -0.25) is 14.3 Å². The molecule has 0 radical (unpaired) electrons. The smallest absolute Gasteiger partial charge is 0.295 e. The van der Waals surface area contributed by atoms with Crippen molar-refractivity contribution in [2.45, 2.75) is 25.8 Å². The predicted octanol–water partition coefficient (Wildman–Crippen LogP) is 0.180. The fourth-order valence-electron chi connectivity index (χ4n) is 1.41. The Bertz CT molecular complexity index is 412. The number of aryl methyl sites for hydroxylation is 1. The van der Waals surface area contributed by atoms with Crippen molar-refractivity contribution in [3.63, 3.8) is 0 Å². The number of hydrogen-bond acceptors (Lipinski definition) is 2. The molecule has 1 fully saturated rings. The SMILES string of the molecule is Cc1cc(=O)[nH]c(=O)n1C1CC1. The molecule has 1 aromatic heterocycles. The summed E-state index contributed by atoms with van der Waals surface area (Å²) in [5.41, 5.74) is 0.170. The molecule has 0 bridgehead atoms. The predicted molar refractivity (Wildman–Crippen MR) is 44.3 cm³/mol. The number of H-pyrrole nitrogens is 1. The molecule has 64 valence electrons. The zero-order valence-corrected chi connectivity index (χ0v) is 6.83. The van der Waals surface area contributed by atoms with Crippen LogP contribution in [0.25, 0.3) is 0 Å². The minimum atomic E-state index is -0.311. The first-order chi connectivity index (χ1) is 5.68. The van der Waals surface area contributed by atoms with Crippen molar-refractivity contribution in [1.29, 1.82) is 0 Å². The molecule has 0 saturated heterocycles. The summed E-state index contributed by atoms with van der Waals surface area (Å²) in [5, 5.41) is 0. The lowest BCUT2D eigenvalue weighted by Crippen LogP contribution is -2.30. The largest absolute Gasteiger partial charge is 0.328 e. The van der Waals surface area contributed by atoms with E-state index in [2.05, 4.69) is 4.98 Å². The van der Waals surface area contributed by atoms with Gasteiger partial charge in [-0.1, -0.05) is 0 Å². The number of aromatic amines is 1. The van der Waals surface area contributed by atoms with Gasteiger partial charge in [0.25, 0.3) is 5.56 Å². The molecule has 1 N–H and O–H groups in total. The molecular formula is C8H10N2O2. The fourth-order valence-corrected chi connectivity index (χ4v) is 1.41. The first-order valence-electron chi connectivity index (χ1n) is 4.01. The molecule has 0 spiro atoms. The Balaban J connectivity index is 2.67. The van der Waals surface area contributed by atoms with Crippen molar-refractivity contribution in [2.75, 3.05) is 0 Å². The summed E-state index contributed by atoms with van der Waals surface area (Å²) in [6.07, 6.45) is 2.10. The highest BCUT2D eigenvalue weighted by atomic mass is 16.2. The van der Waals surface area contributed by atoms with Crippen LogP contribution in [0.3, 0.4) is 0 Å². The highest BCUT2D eigenvalue weighted by Crippen LogP contribution is 2.33. The van der Waals surface area contributed by atoms with E-state index in [4.69, 9.17) is 0 Å². The Morgan fingerprint density at radius 3 is 2.67 bits per heavy atom. The summed E-state index contributed by atoms with van der Waals surface area (Å²) in [4.78, 5) is 24.3. The Morgan fingerprint density at radius 1 is 1.50 bits per heavy atom. The Kier molecular flexibility index (Phi) is 1.43. The average molecular weight is 166 g/mol. The number of aromatic nitrogens is 2. The van der Waals surface area contributed by atoms with Gasteiger partial charge in [-0.2, -0.15) is 0 Å². The summed E-state index contributed by atoms with van der Waals surface area (Å²) in [5.74, 6) is 0. The molecule has 1 aliphatic carbocycles. The Morgan fingerprint density at radius 2 is 2.17 bits per heavy atom. The standard InChI is InChI=1S/C8H10N2O2/c1-5-4-7(11)9-8(12)10(5)6-2-3-6/h4,6H,2-3H2,1H3,(H,9,11,12). The summed E-state index contributed by atoms with van der Waals surface area (Å²) in [7, 11) is 0. The van der Waals surface area contributed by atoms with Gasteiger partial charge in [0.05, 0.1) is 0 Å². The normalized spacial score (nSPS) is 16.4. The van der Waals surface area contributed by atoms with Gasteiger partial charge < -0.3 is 0 Å². The third kappa shape index (κ3) is 1.09. The van der Waals surface area contributed by atoms with Gasteiger partial charge in [-0.05, 0) is 19.8 Å². The van der Waals surface area contributed by atoms with Crippen LogP contribution in [0.1, 0.15) is 24.6 Å². The van der Waals surface area contributed by atoms with Crippen LogP contribution in [-0.4, -0.2) is 9.55 Å². The number of hydrogen-bond donors (Lipinski definition) is 1. The Labute approximate surface area is 68.9 Å². The van der Waals surface area contributed by atoms with Crippen molar-refractivity contribution < 1.29 is 0 Å². The third-order valence-corrected chi connectivity index (χ3v) is 2.08. The molecule has 0 aromatic carbocycles. The lowest BCUT2D eigenvalue weighted by Gasteiger charge is -2.05. The third-order valence-electron chi connectivity index (χ3n) is 2.08. The van der Waals surface area contributed by atoms with E-state index in [-0.39, 0.29) is 11.2 Å². The van der Waals surface area contributed by atoms with E-state index < -0.39 is 0 Å². The van der Waals surface area contributed by atoms with Crippen LogP contribution < -0.4 is 11.2 Å². The minimum Gasteiger partial charge on any atom is -0.295 e. The van der Waals surface area contributed by atoms with Crippen LogP contribution >= 0.6 is 0 Å². The van der Waals surface area contributed by atoms with Gasteiger partial charge >= 0.3 is 5.69 Å². The molecule has 4 heteroatoms. The maximum atomic E-state index is 11.2. The van der Waals surface area contributed by atoms with E-state index in [1.165, 1.54) is 6.07 Å². The van der Waals surface area contributed by atoms with Gasteiger partial charge in [-0.15, -0.1) is 0 Å². The summed E-state index contributed by atoms with van der Waals surface area (Å²) < 4.78 is 1.65. The van der Waals surface area contributed by atoms with Gasteiger partial charge in [-0.25, -0.2) is 4.79 Å². The van der Waals surface area contributed by atoms with E-state index >= 15 is 0 Å². The molecule has 1 aromatic rings. The van der Waals surface area contributed by atoms with Crippen LogP contribution in [0.2, 0.25) is 0 Å². The summed E-state index contributed by atoms with van der Waals surface area (Å²) in [6.45, 7) is 1.79. The van der Waals surface area contributed by atoms with E-state index in [0.29, 0.717) is 6.04 Å². The first-order valence-corrected chi connectivity index (χ1v) is 4.01. The molecule has 12 heavy (non-hydrogen) atoms. The molecule has 1 heterocycles. The van der Waals surface area contributed by atoms with Gasteiger partial charge in [0, 0.05) is 17.8 Å². The number of nitrogens with one attached hydrogen (secondary N) is 1. The first kappa shape index (κ1) is 7.34. The molecular weight excluding hydrogens is 156 g/mol. The molecule has 2 rings (SSSR count). The monoisotopic (exact) mass is 166 g/mol. The van der Waals surface area contributed by atoms with Crippen molar-refractivity contribution >= 4 is 0 Å². The fraction of sp³-hybridized carbons (Fsp3) is 0.500. The quantitative estimate of drug-likeness (QED) is 0.647. The number of rotatable bonds is 1. The second kappa shape index (κ2) is 2.33. The van der Waals surface area contributed by atoms with Crippen LogP contribution in [0.15, 0.2) is 15.7 Å². The van der Waals surface area contributed by atoms with Crippen molar-refractivity contribution in [3.05, 3.63) is 32.6 Å². The Hall–Kier alpha value is -1.32. The summed E-state index contributed by atoms with van der Waals surface area (Å²) >= 11 is 0. The minimum absolute atomic E-state index is 0.275. The lowest BCUT2D eigenvalue weighted by atomic mass is 10.4. The van der Waals surface area contributed by atoms with Crippen LogP contribution in [0.4, 0.5) is 0 Å².